The summed E-state index contributed by atoms with van der Waals surface area (Å²) >= 11 is 5.99. The van der Waals surface area contributed by atoms with Gasteiger partial charge in [-0.3, -0.25) is 15.8 Å². The molecule has 0 radical (unpaired) electrons. The number of alkyl halides is 3. The SMILES string of the molecule is N#Cc1ccc2c(nc(C(F)(F)F)n2CC(=N)OC(=N)c2ccccn2)c1Cl. The summed E-state index contributed by atoms with van der Waals surface area (Å²) in [5, 5.41) is 24.4. The summed E-state index contributed by atoms with van der Waals surface area (Å²) in [7, 11) is 0. The summed E-state index contributed by atoms with van der Waals surface area (Å²) in [6, 6.07) is 8.99. The van der Waals surface area contributed by atoms with E-state index in [0.717, 1.165) is 0 Å². The average Bonchev–Trinajstić information content (AvgIpc) is 3.02. The molecule has 11 heteroatoms. The van der Waals surface area contributed by atoms with E-state index in [-0.39, 0.29) is 27.3 Å². The first-order valence-electron chi connectivity index (χ1n) is 7.63. The topological polar surface area (TPSA) is 111 Å². The average molecular weight is 407 g/mol. The number of hydrogen-bond donors (Lipinski definition) is 2. The second-order valence-electron chi connectivity index (χ2n) is 5.50. The predicted molar refractivity (Wildman–Crippen MR) is 94.3 cm³/mol. The molecule has 7 nitrogen and oxygen atoms in total. The normalized spacial score (nSPS) is 11.2. The lowest BCUT2D eigenvalue weighted by atomic mass is 10.2. The summed E-state index contributed by atoms with van der Waals surface area (Å²) in [5.41, 5.74) is -0.119. The van der Waals surface area contributed by atoms with Gasteiger partial charge in [0.15, 0.2) is 0 Å². The number of benzene rings is 1. The molecule has 0 bridgehead atoms. The van der Waals surface area contributed by atoms with Crippen LogP contribution in [0.1, 0.15) is 17.1 Å². The molecule has 0 aliphatic rings. The van der Waals surface area contributed by atoms with Crippen molar-refractivity contribution in [2.45, 2.75) is 12.7 Å². The summed E-state index contributed by atoms with van der Waals surface area (Å²) < 4.78 is 46.0. The predicted octanol–water partition coefficient (Wildman–Crippen LogP) is 3.99. The highest BCUT2D eigenvalue weighted by atomic mass is 35.5. The standard InChI is InChI=1S/C17H10ClF3N6O/c18-13-9(7-22)4-5-11-14(13)26-16(17(19,20)21)27(11)8-12(23)28-15(24)10-3-1-2-6-25-10/h1-6,23-24H,8H2. The van der Waals surface area contributed by atoms with Crippen LogP contribution < -0.4 is 0 Å². The van der Waals surface area contributed by atoms with Gasteiger partial charge in [0.05, 0.1) is 16.1 Å². The monoisotopic (exact) mass is 406 g/mol. The van der Waals surface area contributed by atoms with Crippen molar-refractivity contribution in [3.8, 4) is 6.07 Å². The molecular weight excluding hydrogens is 397 g/mol. The first-order valence-corrected chi connectivity index (χ1v) is 8.01. The van der Waals surface area contributed by atoms with Crippen LogP contribution in [0.2, 0.25) is 5.02 Å². The molecule has 142 valence electrons. The molecule has 0 unspecified atom stereocenters. The Morgan fingerprint density at radius 2 is 2.00 bits per heavy atom. The molecule has 0 amide bonds. The molecule has 0 saturated carbocycles. The molecule has 0 atom stereocenters. The fraction of sp³-hybridized carbons (Fsp3) is 0.118. The molecule has 0 aliphatic heterocycles. The number of imidazole rings is 1. The highest BCUT2D eigenvalue weighted by Crippen LogP contribution is 2.34. The van der Waals surface area contributed by atoms with Crippen molar-refractivity contribution in [2.75, 3.05) is 0 Å². The molecule has 3 rings (SSSR count). The third kappa shape index (κ3) is 3.65. The van der Waals surface area contributed by atoms with Crippen molar-refractivity contribution in [3.63, 3.8) is 0 Å². The molecule has 2 heterocycles. The number of pyridine rings is 1. The Labute approximate surface area is 161 Å². The van der Waals surface area contributed by atoms with Gasteiger partial charge in [0, 0.05) is 6.20 Å². The van der Waals surface area contributed by atoms with Gasteiger partial charge in [0.1, 0.15) is 23.8 Å². The zero-order valence-corrected chi connectivity index (χ0v) is 14.6. The molecule has 0 saturated heterocycles. The third-order valence-electron chi connectivity index (χ3n) is 3.66. The lowest BCUT2D eigenvalue weighted by Gasteiger charge is -2.13. The van der Waals surface area contributed by atoms with Crippen molar-refractivity contribution in [3.05, 3.63) is 58.6 Å². The molecular formula is C17H10ClF3N6O. The first-order chi connectivity index (χ1) is 13.2. The molecule has 0 spiro atoms. The maximum absolute atomic E-state index is 13.4. The maximum Gasteiger partial charge on any atom is 0.449 e. The molecule has 0 aliphatic carbocycles. The van der Waals surface area contributed by atoms with Crippen molar-refractivity contribution < 1.29 is 17.9 Å². The second kappa shape index (κ2) is 7.28. The maximum atomic E-state index is 13.4. The Bertz CT molecular complexity index is 1120. The third-order valence-corrected chi connectivity index (χ3v) is 4.04. The number of nitrogens with one attached hydrogen (secondary N) is 2. The van der Waals surface area contributed by atoms with Gasteiger partial charge in [0.2, 0.25) is 17.6 Å². The van der Waals surface area contributed by atoms with Gasteiger partial charge >= 0.3 is 6.18 Å². The Hall–Kier alpha value is -3.45. The van der Waals surface area contributed by atoms with Crippen LogP contribution in [-0.2, 0) is 17.5 Å². The molecule has 2 N–H and O–H groups in total. The lowest BCUT2D eigenvalue weighted by molar-refractivity contribution is -0.146. The van der Waals surface area contributed by atoms with E-state index in [1.807, 2.05) is 0 Å². The summed E-state index contributed by atoms with van der Waals surface area (Å²) in [5.74, 6) is -2.40. The highest BCUT2D eigenvalue weighted by molar-refractivity contribution is 6.36. The zero-order chi connectivity index (χ0) is 20.5. The van der Waals surface area contributed by atoms with Crippen LogP contribution in [0, 0.1) is 22.1 Å². The number of ether oxygens (including phenoxy) is 1. The Kier molecular flexibility index (Phi) is 5.02. The van der Waals surface area contributed by atoms with Gasteiger partial charge in [0.25, 0.3) is 0 Å². The quantitative estimate of drug-likeness (QED) is 0.505. The molecule has 28 heavy (non-hydrogen) atoms. The minimum atomic E-state index is -4.83. The van der Waals surface area contributed by atoms with E-state index < -0.39 is 30.3 Å². The number of nitrogens with zero attached hydrogens (tertiary/aromatic N) is 4. The van der Waals surface area contributed by atoms with Crippen molar-refractivity contribution in [1.82, 2.24) is 14.5 Å². The fourth-order valence-corrected chi connectivity index (χ4v) is 2.71. The van der Waals surface area contributed by atoms with Gasteiger partial charge in [-0.15, -0.1) is 0 Å². The van der Waals surface area contributed by atoms with Crippen molar-refractivity contribution >= 4 is 34.4 Å². The van der Waals surface area contributed by atoms with Crippen LogP contribution in [0.25, 0.3) is 11.0 Å². The van der Waals surface area contributed by atoms with Crippen LogP contribution in [-0.4, -0.2) is 26.3 Å². The van der Waals surface area contributed by atoms with Gasteiger partial charge in [-0.2, -0.15) is 18.4 Å². The van der Waals surface area contributed by atoms with E-state index in [1.54, 1.807) is 18.2 Å². The smallest absolute Gasteiger partial charge is 0.422 e. The molecule has 3 aromatic rings. The Morgan fingerprint density at radius 3 is 2.61 bits per heavy atom. The Balaban J connectivity index is 1.97. The van der Waals surface area contributed by atoms with Gasteiger partial charge in [-0.25, -0.2) is 4.98 Å². The van der Waals surface area contributed by atoms with E-state index in [9.17, 15) is 13.2 Å². The summed E-state index contributed by atoms with van der Waals surface area (Å²) in [4.78, 5) is 7.39. The minimum absolute atomic E-state index is 0.0178. The highest BCUT2D eigenvalue weighted by Gasteiger charge is 2.38. The first kappa shape index (κ1) is 19.3. The number of rotatable bonds is 3. The van der Waals surface area contributed by atoms with Crippen molar-refractivity contribution in [1.29, 1.82) is 16.1 Å². The van der Waals surface area contributed by atoms with E-state index in [0.29, 0.717) is 4.57 Å². The van der Waals surface area contributed by atoms with E-state index >= 15 is 0 Å². The van der Waals surface area contributed by atoms with Crippen LogP contribution in [0.15, 0.2) is 36.5 Å². The van der Waals surface area contributed by atoms with Gasteiger partial charge in [-0.1, -0.05) is 17.7 Å². The molecule has 0 fully saturated rings. The van der Waals surface area contributed by atoms with E-state index in [2.05, 4.69) is 9.97 Å². The summed E-state index contributed by atoms with van der Waals surface area (Å²) in [6.45, 7) is -0.650. The minimum Gasteiger partial charge on any atom is -0.422 e. The molecule has 2 aromatic heterocycles. The van der Waals surface area contributed by atoms with Crippen LogP contribution in [0.5, 0.6) is 0 Å². The van der Waals surface area contributed by atoms with Gasteiger partial charge < -0.3 is 9.30 Å². The number of halogens is 4. The largest absolute Gasteiger partial charge is 0.449 e. The van der Waals surface area contributed by atoms with Crippen LogP contribution in [0.4, 0.5) is 13.2 Å². The van der Waals surface area contributed by atoms with Gasteiger partial charge in [-0.05, 0) is 24.3 Å². The number of aromatic nitrogens is 3. The van der Waals surface area contributed by atoms with Crippen molar-refractivity contribution in [2.24, 2.45) is 0 Å². The Morgan fingerprint density at radius 1 is 1.25 bits per heavy atom. The molecule has 1 aromatic carbocycles. The summed E-state index contributed by atoms with van der Waals surface area (Å²) in [6.07, 6.45) is -3.42. The van der Waals surface area contributed by atoms with E-state index in [4.69, 9.17) is 32.4 Å². The zero-order valence-electron chi connectivity index (χ0n) is 13.9. The van der Waals surface area contributed by atoms with Crippen LogP contribution in [0.3, 0.4) is 0 Å². The fourth-order valence-electron chi connectivity index (χ4n) is 2.47. The number of hydrogen-bond acceptors (Lipinski definition) is 6. The lowest BCUT2D eigenvalue weighted by Crippen LogP contribution is -2.22. The number of fused-ring (bicyclic) bond motifs is 1. The number of nitriles is 1. The van der Waals surface area contributed by atoms with Crippen LogP contribution >= 0.6 is 11.6 Å². The van der Waals surface area contributed by atoms with E-state index in [1.165, 1.54) is 24.4 Å². The second-order valence-corrected chi connectivity index (χ2v) is 5.87.